The highest BCUT2D eigenvalue weighted by Crippen LogP contribution is 2.32. The summed E-state index contributed by atoms with van der Waals surface area (Å²) in [5.74, 6) is 5.14. The molecule has 1 unspecified atom stereocenters. The summed E-state index contributed by atoms with van der Waals surface area (Å²) in [4.78, 5) is 15.2. The molecule has 0 amide bonds. The fourth-order valence-electron chi connectivity index (χ4n) is 3.87. The number of fused-ring (bicyclic) bond motifs is 1. The normalized spacial score (nSPS) is 11.6. The maximum atomic E-state index is 12.0. The molecule has 0 saturated heterocycles. The molecule has 35 heavy (non-hydrogen) atoms. The van der Waals surface area contributed by atoms with Crippen LogP contribution in [0.4, 0.5) is 10.7 Å². The first kappa shape index (κ1) is 22.6. The molecule has 5 rings (SSSR count). The van der Waals surface area contributed by atoms with E-state index in [1.54, 1.807) is 60.0 Å². The van der Waals surface area contributed by atoms with Crippen LogP contribution in [0.1, 0.15) is 21.5 Å². The summed E-state index contributed by atoms with van der Waals surface area (Å²) in [6, 6.07) is 23.1. The van der Waals surface area contributed by atoms with Crippen LogP contribution in [-0.4, -0.2) is 24.8 Å². The first-order valence-corrected chi connectivity index (χ1v) is 12.4. The van der Waals surface area contributed by atoms with Gasteiger partial charge in [-0.05, 0) is 70.9 Å². The largest absolute Gasteiger partial charge is 0.755 e. The molecule has 0 radical (unpaired) electrons. The smallest absolute Gasteiger partial charge is 0.336 e. The average Bonchev–Trinajstić information content (AvgIpc) is 3.54. The zero-order valence-corrected chi connectivity index (χ0v) is 19.7. The summed E-state index contributed by atoms with van der Waals surface area (Å²) in [5.41, 5.74) is 3.94. The van der Waals surface area contributed by atoms with Gasteiger partial charge in [-0.1, -0.05) is 36.1 Å². The number of benzene rings is 3. The van der Waals surface area contributed by atoms with Crippen LogP contribution in [0.15, 0.2) is 90.4 Å². The first-order valence-electron chi connectivity index (χ1n) is 10.5. The highest BCUT2D eigenvalue weighted by atomic mass is 32.2. The number of nitrogens with zero attached hydrogens (tertiary/aromatic N) is 1. The van der Waals surface area contributed by atoms with Gasteiger partial charge < -0.3 is 14.6 Å². The maximum Gasteiger partial charge on any atom is 0.336 e. The number of aromatic carboxylic acids is 1. The predicted molar refractivity (Wildman–Crippen MR) is 138 cm³/mol. The number of carboxylic acids is 1. The minimum Gasteiger partial charge on any atom is -0.755 e. The van der Waals surface area contributed by atoms with E-state index in [-0.39, 0.29) is 5.56 Å². The van der Waals surface area contributed by atoms with Crippen molar-refractivity contribution in [3.8, 4) is 23.0 Å². The molecule has 3 aromatic carbocycles. The van der Waals surface area contributed by atoms with Gasteiger partial charge in [-0.15, -0.1) is 11.3 Å². The third-order valence-corrected chi connectivity index (χ3v) is 7.09. The van der Waals surface area contributed by atoms with Crippen molar-refractivity contribution in [1.29, 1.82) is 0 Å². The van der Waals surface area contributed by atoms with Gasteiger partial charge >= 0.3 is 5.97 Å². The van der Waals surface area contributed by atoms with Gasteiger partial charge in [-0.3, -0.25) is 8.51 Å². The molecule has 0 aliphatic carbocycles. The van der Waals surface area contributed by atoms with Crippen LogP contribution < -0.4 is 4.31 Å². The van der Waals surface area contributed by atoms with Crippen LogP contribution in [0.2, 0.25) is 0 Å². The van der Waals surface area contributed by atoms with Gasteiger partial charge in [0.05, 0.1) is 22.5 Å². The van der Waals surface area contributed by atoms with Crippen molar-refractivity contribution in [1.82, 2.24) is 4.98 Å². The zero-order chi connectivity index (χ0) is 24.4. The van der Waals surface area contributed by atoms with Gasteiger partial charge in [-0.25, -0.2) is 4.79 Å². The predicted octanol–water partition coefficient (Wildman–Crippen LogP) is 5.93. The molecule has 0 saturated carbocycles. The van der Waals surface area contributed by atoms with E-state index in [2.05, 4.69) is 16.8 Å². The molecule has 0 spiro atoms. The Balaban J connectivity index is 1.59. The number of aromatic amines is 1. The van der Waals surface area contributed by atoms with E-state index in [0.717, 1.165) is 16.5 Å². The molecule has 2 heterocycles. The average molecular weight is 498 g/mol. The molecule has 2 N–H and O–H groups in total. The van der Waals surface area contributed by atoms with E-state index < -0.39 is 17.2 Å². The molecule has 0 aliphatic rings. The Bertz CT molecular complexity index is 1630. The number of rotatable bonds is 5. The second-order valence-electron chi connectivity index (χ2n) is 7.58. The second-order valence-corrected chi connectivity index (χ2v) is 9.30. The van der Waals surface area contributed by atoms with Crippen molar-refractivity contribution in [2.75, 3.05) is 4.31 Å². The third-order valence-electron chi connectivity index (χ3n) is 5.42. The molecule has 6 nitrogen and oxygen atoms in total. The first-order chi connectivity index (χ1) is 17.0. The summed E-state index contributed by atoms with van der Waals surface area (Å²) in [6.07, 6.45) is 1.83. The van der Waals surface area contributed by atoms with Crippen LogP contribution in [0.3, 0.4) is 0 Å². The molecule has 1 atom stereocenters. The summed E-state index contributed by atoms with van der Waals surface area (Å²) in [5, 5.41) is 13.2. The van der Waals surface area contributed by atoms with Gasteiger partial charge in [0, 0.05) is 28.4 Å². The number of nitrogens with one attached hydrogen (secondary N) is 1. The Morgan fingerprint density at radius 3 is 2.63 bits per heavy atom. The monoisotopic (exact) mass is 497 g/mol. The standard InChI is InChI=1S/C27H18N2O4S2/c30-27(31)23-7-2-5-20(26(23)21-12-11-19-13-14-28-24(19)17-21)10-9-18-4-1-6-22(16-18)29(35(32)33)25-8-3-15-34-25/h1-8,11-17,28H,(H,30,31)(H,32,33)/p-1. The molecule has 0 fully saturated rings. The number of carbonyl (C=O) groups is 1. The Morgan fingerprint density at radius 1 is 1.00 bits per heavy atom. The molecule has 172 valence electrons. The number of H-pyrrole nitrogens is 1. The van der Waals surface area contributed by atoms with E-state index in [9.17, 15) is 18.7 Å². The lowest BCUT2D eigenvalue weighted by Crippen LogP contribution is -2.18. The van der Waals surface area contributed by atoms with Crippen LogP contribution in [0.25, 0.3) is 22.0 Å². The lowest BCUT2D eigenvalue weighted by molar-refractivity contribution is 0.0697. The van der Waals surface area contributed by atoms with Crippen LogP contribution >= 0.6 is 11.3 Å². The fraction of sp³-hybridized carbons (Fsp3) is 0. The van der Waals surface area contributed by atoms with Crippen molar-refractivity contribution in [3.63, 3.8) is 0 Å². The number of thiophene rings is 1. The van der Waals surface area contributed by atoms with Gasteiger partial charge in [0.2, 0.25) is 0 Å². The summed E-state index contributed by atoms with van der Waals surface area (Å²) in [6.45, 7) is 0. The number of carboxylic acid groups (broad SMARTS) is 1. The highest BCUT2D eigenvalue weighted by Gasteiger charge is 2.16. The Morgan fingerprint density at radius 2 is 1.86 bits per heavy atom. The summed E-state index contributed by atoms with van der Waals surface area (Å²) < 4.78 is 25.0. The van der Waals surface area contributed by atoms with Crippen molar-refractivity contribution >= 4 is 50.2 Å². The third kappa shape index (κ3) is 4.61. The molecular weight excluding hydrogens is 480 g/mol. The topological polar surface area (TPSA) is 96.5 Å². The minimum absolute atomic E-state index is 0.155. The van der Waals surface area contributed by atoms with E-state index >= 15 is 0 Å². The van der Waals surface area contributed by atoms with Crippen molar-refractivity contribution in [2.45, 2.75) is 0 Å². The van der Waals surface area contributed by atoms with Crippen molar-refractivity contribution < 1.29 is 18.7 Å². The van der Waals surface area contributed by atoms with Gasteiger partial charge in [0.15, 0.2) is 0 Å². The molecule has 8 heteroatoms. The van der Waals surface area contributed by atoms with Gasteiger partial charge in [0.1, 0.15) is 5.00 Å². The molecule has 0 aliphatic heterocycles. The molecule has 5 aromatic rings. The van der Waals surface area contributed by atoms with Crippen LogP contribution in [-0.2, 0) is 11.3 Å². The molecule has 2 aromatic heterocycles. The number of hydrogen-bond acceptors (Lipinski definition) is 4. The summed E-state index contributed by atoms with van der Waals surface area (Å²) in [7, 11) is 0. The Kier molecular flexibility index (Phi) is 6.21. The SMILES string of the molecule is O=C(O)c1cccc(C#Cc2cccc(N(c3cccs3)S(=O)[O-])c2)c1-c1ccc2cc[nH]c2c1. The van der Waals surface area contributed by atoms with E-state index in [0.29, 0.717) is 27.4 Å². The molecule has 0 bridgehead atoms. The Hall–Kier alpha value is -4.16. The highest BCUT2D eigenvalue weighted by molar-refractivity contribution is 7.81. The van der Waals surface area contributed by atoms with Crippen molar-refractivity contribution in [3.05, 3.63) is 107 Å². The number of hydrogen-bond donors (Lipinski definition) is 2. The Labute approximate surface area is 207 Å². The van der Waals surface area contributed by atoms with Crippen LogP contribution in [0.5, 0.6) is 0 Å². The minimum atomic E-state index is -2.50. The zero-order valence-electron chi connectivity index (χ0n) is 18.1. The maximum absolute atomic E-state index is 12.0. The van der Waals surface area contributed by atoms with Crippen molar-refractivity contribution in [2.24, 2.45) is 0 Å². The van der Waals surface area contributed by atoms with Gasteiger partial charge in [0.25, 0.3) is 0 Å². The van der Waals surface area contributed by atoms with Crippen LogP contribution in [0, 0.1) is 11.8 Å². The lowest BCUT2D eigenvalue weighted by Gasteiger charge is -2.24. The second kappa shape index (κ2) is 9.60. The van der Waals surface area contributed by atoms with E-state index in [1.807, 2.05) is 30.5 Å². The number of anilines is 2. The quantitative estimate of drug-likeness (QED) is 0.232. The molecular formula is C27H17N2O4S2-. The summed E-state index contributed by atoms with van der Waals surface area (Å²) >= 11 is -1.19. The van der Waals surface area contributed by atoms with E-state index in [1.165, 1.54) is 15.6 Å². The fourth-order valence-corrected chi connectivity index (χ4v) is 5.33. The van der Waals surface area contributed by atoms with Gasteiger partial charge in [-0.2, -0.15) is 0 Å². The lowest BCUT2D eigenvalue weighted by atomic mass is 9.93. The number of aromatic nitrogens is 1. The van der Waals surface area contributed by atoms with E-state index in [4.69, 9.17) is 0 Å².